The van der Waals surface area contributed by atoms with Crippen LogP contribution in [-0.2, 0) is 46.1 Å². The fourth-order valence-corrected chi connectivity index (χ4v) is 5.01. The van der Waals surface area contributed by atoms with Gasteiger partial charge in [-0.25, -0.2) is 9.18 Å². The van der Waals surface area contributed by atoms with Crippen LogP contribution in [-0.4, -0.2) is 11.1 Å². The number of rotatable bonds is 3. The van der Waals surface area contributed by atoms with E-state index < -0.39 is 22.2 Å². The van der Waals surface area contributed by atoms with Crippen molar-refractivity contribution in [3.05, 3.63) is 57.9 Å². The summed E-state index contributed by atoms with van der Waals surface area (Å²) >= 11 is 0. The number of fused-ring (bicyclic) bond motifs is 2. The van der Waals surface area contributed by atoms with E-state index in [4.69, 9.17) is 0 Å². The van der Waals surface area contributed by atoms with Crippen LogP contribution in [0.15, 0.2) is 33.5 Å². The second-order valence-corrected chi connectivity index (χ2v) is 9.32. The lowest BCUT2D eigenvalue weighted by Gasteiger charge is -2.19. The molecular weight excluding hydrogens is 391 g/mol. The summed E-state index contributed by atoms with van der Waals surface area (Å²) in [6, 6.07) is 5.89. The van der Waals surface area contributed by atoms with Crippen molar-refractivity contribution >= 4 is 22.3 Å². The molecule has 7 heteroatoms. The van der Waals surface area contributed by atoms with Crippen molar-refractivity contribution in [2.75, 3.05) is 5.32 Å². The van der Waals surface area contributed by atoms with E-state index in [-0.39, 0.29) is 5.82 Å². The summed E-state index contributed by atoms with van der Waals surface area (Å²) in [5.74, 6) is -0.105. The SMILES string of the molecule is CC(C)(O)c1cccc([S-](=O)=NC(=O)Nc2c3c(c(F)c4c2CCC4)CCC3)c1. The van der Waals surface area contributed by atoms with E-state index >= 15 is 0 Å². The Hall–Kier alpha value is -2.25. The number of hydrogen-bond donors (Lipinski definition) is 2. The molecular formula is C22H24FN2O3S-. The minimum absolute atomic E-state index is 0.105. The molecule has 0 saturated heterocycles. The normalized spacial score (nSPS) is 16.6. The van der Waals surface area contributed by atoms with Gasteiger partial charge in [0, 0.05) is 5.69 Å². The number of benzene rings is 2. The molecule has 0 spiro atoms. The summed E-state index contributed by atoms with van der Waals surface area (Å²) in [6.45, 7) is 3.27. The molecule has 2 aromatic carbocycles. The molecule has 4 rings (SSSR count). The van der Waals surface area contributed by atoms with Gasteiger partial charge in [-0.1, -0.05) is 29.2 Å². The predicted molar refractivity (Wildman–Crippen MR) is 110 cm³/mol. The quantitative estimate of drug-likeness (QED) is 0.709. The standard InChI is InChI=1S/C22H24FN2O3S/c1-22(2,27)13-6-3-7-14(12-13)29(28)25-21(26)24-20-17-10-4-8-15(17)19(23)16-9-5-11-18(16)20/h3,6-7,12,27H,4-5,8-11H2,1-2H3,(H,24,26)/q-1. The lowest BCUT2D eigenvalue weighted by molar-refractivity contribution is 0.0784. The number of halogens is 1. The highest BCUT2D eigenvalue weighted by Crippen LogP contribution is 2.41. The second kappa shape index (κ2) is 7.54. The Bertz CT molecular complexity index is 1050. The number of urea groups is 1. The van der Waals surface area contributed by atoms with Gasteiger partial charge >= 0.3 is 6.03 Å². The Labute approximate surface area is 171 Å². The van der Waals surface area contributed by atoms with Crippen molar-refractivity contribution in [3.63, 3.8) is 0 Å². The van der Waals surface area contributed by atoms with Gasteiger partial charge in [0.2, 0.25) is 0 Å². The molecule has 2 aliphatic carbocycles. The summed E-state index contributed by atoms with van der Waals surface area (Å²) in [7, 11) is -1.91. The zero-order valence-electron chi connectivity index (χ0n) is 16.5. The smallest absolute Gasteiger partial charge is 0.322 e. The van der Waals surface area contributed by atoms with E-state index in [1.165, 1.54) is 0 Å². The fourth-order valence-electron chi connectivity index (χ4n) is 4.28. The van der Waals surface area contributed by atoms with Gasteiger partial charge in [0.15, 0.2) is 0 Å². The minimum Gasteiger partial charge on any atom is -0.439 e. The third kappa shape index (κ3) is 3.81. The molecule has 0 unspecified atom stereocenters. The lowest BCUT2D eigenvalue weighted by Crippen LogP contribution is -2.15. The maximum Gasteiger partial charge on any atom is 0.322 e. The maximum absolute atomic E-state index is 14.8. The molecule has 0 radical (unpaired) electrons. The van der Waals surface area contributed by atoms with Crippen molar-refractivity contribution < 1.29 is 18.5 Å². The van der Waals surface area contributed by atoms with Gasteiger partial charge < -0.3 is 19.0 Å². The van der Waals surface area contributed by atoms with Crippen molar-refractivity contribution in [3.8, 4) is 0 Å². The first-order valence-electron chi connectivity index (χ1n) is 9.88. The topological polar surface area (TPSA) is 78.8 Å². The third-order valence-corrected chi connectivity index (χ3v) is 6.70. The van der Waals surface area contributed by atoms with Crippen LogP contribution < -0.4 is 5.32 Å². The molecule has 154 valence electrons. The second-order valence-electron chi connectivity index (χ2n) is 8.17. The molecule has 0 aromatic heterocycles. The Balaban J connectivity index is 1.64. The van der Waals surface area contributed by atoms with E-state index in [1.54, 1.807) is 38.1 Å². The molecule has 2 N–H and O–H groups in total. The molecule has 2 amide bonds. The zero-order chi connectivity index (χ0) is 20.8. The summed E-state index contributed by atoms with van der Waals surface area (Å²) in [5, 5.41) is 12.9. The molecule has 0 atom stereocenters. The number of aliphatic hydroxyl groups is 1. The van der Waals surface area contributed by atoms with Gasteiger partial charge in [-0.3, -0.25) is 0 Å². The maximum atomic E-state index is 14.8. The molecule has 5 nitrogen and oxygen atoms in total. The van der Waals surface area contributed by atoms with Crippen LogP contribution in [0.3, 0.4) is 0 Å². The summed E-state index contributed by atoms with van der Waals surface area (Å²) < 4.78 is 31.1. The van der Waals surface area contributed by atoms with E-state index in [0.29, 0.717) is 40.1 Å². The highest BCUT2D eigenvalue weighted by atomic mass is 32.2. The molecule has 0 aliphatic heterocycles. The first-order chi connectivity index (χ1) is 13.8. The summed E-state index contributed by atoms with van der Waals surface area (Å²) in [6.07, 6.45) is 4.56. The van der Waals surface area contributed by atoms with Gasteiger partial charge in [-0.2, -0.15) is 10.6 Å². The van der Waals surface area contributed by atoms with Crippen LogP contribution in [0, 0.1) is 5.82 Å². The molecule has 2 aliphatic rings. The van der Waals surface area contributed by atoms with Crippen LogP contribution >= 0.6 is 0 Å². The van der Waals surface area contributed by atoms with Gasteiger partial charge in [0.25, 0.3) is 0 Å². The number of nitrogens with zero attached hydrogens (tertiary/aromatic N) is 1. The van der Waals surface area contributed by atoms with Crippen molar-refractivity contribution in [1.29, 1.82) is 0 Å². The summed E-state index contributed by atoms with van der Waals surface area (Å²) in [4.78, 5) is 12.9. The number of anilines is 1. The van der Waals surface area contributed by atoms with E-state index in [0.717, 1.165) is 36.8 Å². The molecule has 0 fully saturated rings. The number of hydrogen-bond acceptors (Lipinski definition) is 4. The van der Waals surface area contributed by atoms with Gasteiger partial charge in [-0.15, -0.1) is 0 Å². The molecule has 0 heterocycles. The van der Waals surface area contributed by atoms with Crippen molar-refractivity contribution in [2.45, 2.75) is 62.9 Å². The number of carbonyl (C=O) groups excluding carboxylic acids is 1. The third-order valence-electron chi connectivity index (χ3n) is 5.71. The van der Waals surface area contributed by atoms with Gasteiger partial charge in [0.1, 0.15) is 5.82 Å². The van der Waals surface area contributed by atoms with E-state index in [2.05, 4.69) is 9.68 Å². The zero-order valence-corrected chi connectivity index (χ0v) is 17.4. The van der Waals surface area contributed by atoms with E-state index in [1.807, 2.05) is 0 Å². The van der Waals surface area contributed by atoms with Crippen LogP contribution in [0.25, 0.3) is 0 Å². The highest BCUT2D eigenvalue weighted by molar-refractivity contribution is 7.75. The minimum atomic E-state index is -1.91. The lowest BCUT2D eigenvalue weighted by atomic mass is 9.98. The Kier molecular flexibility index (Phi) is 5.21. The van der Waals surface area contributed by atoms with Crippen LogP contribution in [0.4, 0.5) is 14.9 Å². The fraction of sp³-hybridized carbons (Fsp3) is 0.409. The molecule has 29 heavy (non-hydrogen) atoms. The van der Waals surface area contributed by atoms with Crippen molar-refractivity contribution in [1.82, 2.24) is 0 Å². The van der Waals surface area contributed by atoms with Gasteiger partial charge in [0.05, 0.1) is 5.60 Å². The van der Waals surface area contributed by atoms with Crippen LogP contribution in [0.2, 0.25) is 0 Å². The predicted octanol–water partition coefficient (Wildman–Crippen LogP) is 4.77. The number of carbonyl (C=O) groups is 1. The van der Waals surface area contributed by atoms with Crippen LogP contribution in [0.1, 0.15) is 54.5 Å². The highest BCUT2D eigenvalue weighted by Gasteiger charge is 2.29. The Morgan fingerprint density at radius 1 is 1.10 bits per heavy atom. The molecule has 2 aromatic rings. The summed E-state index contributed by atoms with van der Waals surface area (Å²) in [5.41, 5.74) is 3.32. The van der Waals surface area contributed by atoms with Crippen molar-refractivity contribution in [2.24, 2.45) is 4.36 Å². The van der Waals surface area contributed by atoms with E-state index in [9.17, 15) is 18.5 Å². The Morgan fingerprint density at radius 2 is 1.69 bits per heavy atom. The Morgan fingerprint density at radius 3 is 2.28 bits per heavy atom. The monoisotopic (exact) mass is 415 g/mol. The average Bonchev–Trinajstić information content (AvgIpc) is 3.34. The largest absolute Gasteiger partial charge is 0.439 e. The molecule has 0 saturated carbocycles. The molecule has 0 bridgehead atoms. The van der Waals surface area contributed by atoms with Gasteiger partial charge in [-0.05, 0) is 80.2 Å². The number of nitrogens with one attached hydrogen (secondary N) is 1. The first-order valence-corrected chi connectivity index (χ1v) is 11.0. The van der Waals surface area contributed by atoms with Crippen LogP contribution in [0.5, 0.6) is 0 Å². The number of amides is 2. The average molecular weight is 416 g/mol. The first kappa shape index (κ1) is 20.0.